The molecule has 1 atom stereocenters. The van der Waals surface area contributed by atoms with Crippen molar-refractivity contribution in [3.05, 3.63) is 66.2 Å². The van der Waals surface area contributed by atoms with Crippen LogP contribution in [0, 0.1) is 0 Å². The molecule has 0 fully saturated rings. The summed E-state index contributed by atoms with van der Waals surface area (Å²) in [5.41, 5.74) is 1.40. The van der Waals surface area contributed by atoms with E-state index in [0.29, 0.717) is 23.9 Å². The molecule has 0 saturated carbocycles. The molecule has 0 saturated heterocycles. The summed E-state index contributed by atoms with van der Waals surface area (Å²) in [7, 11) is 0. The Labute approximate surface area is 196 Å². The van der Waals surface area contributed by atoms with E-state index < -0.39 is 18.2 Å². The first-order chi connectivity index (χ1) is 15.5. The van der Waals surface area contributed by atoms with Crippen LogP contribution >= 0.6 is 24.4 Å². The molecule has 32 heavy (non-hydrogen) atoms. The molecule has 3 aromatic carbocycles. The molecule has 0 aliphatic rings. The summed E-state index contributed by atoms with van der Waals surface area (Å²) >= 11 is 5.51. The van der Waals surface area contributed by atoms with E-state index in [1.807, 2.05) is 54.8 Å². The monoisotopic (exact) mass is 471 g/mol. The topological polar surface area (TPSA) is 84.9 Å². The molecule has 6 nitrogen and oxygen atoms in total. The van der Waals surface area contributed by atoms with Gasteiger partial charge >= 0.3 is 12.1 Å². The highest BCUT2D eigenvalue weighted by Gasteiger charge is 2.20. The maximum Gasteiger partial charge on any atom is 0.412 e. The fourth-order valence-electron chi connectivity index (χ4n) is 3.32. The minimum Gasteiger partial charge on any atom is -0.507 e. The van der Waals surface area contributed by atoms with Gasteiger partial charge in [-0.3, -0.25) is 10.1 Å². The lowest BCUT2D eigenvalue weighted by Gasteiger charge is -2.21. The van der Waals surface area contributed by atoms with E-state index in [2.05, 4.69) is 17.9 Å². The van der Waals surface area contributed by atoms with E-state index in [0.717, 1.165) is 15.8 Å². The van der Waals surface area contributed by atoms with Crippen LogP contribution in [0.15, 0.2) is 65.6 Å². The van der Waals surface area contributed by atoms with Gasteiger partial charge in [-0.2, -0.15) is 12.6 Å². The average molecular weight is 472 g/mol. The Bertz CT molecular complexity index is 1070. The van der Waals surface area contributed by atoms with Crippen LogP contribution in [0.5, 0.6) is 5.75 Å². The molecule has 0 aliphatic heterocycles. The number of hydrogen-bond donors (Lipinski definition) is 3. The fraction of sp³-hybridized carbons (Fsp3) is 0.250. The number of ether oxygens (including phenoxy) is 2. The summed E-state index contributed by atoms with van der Waals surface area (Å²) in [6, 6.07) is 18.2. The van der Waals surface area contributed by atoms with Gasteiger partial charge in [-0.1, -0.05) is 30.3 Å². The number of nitrogens with one attached hydrogen (secondary N) is 1. The van der Waals surface area contributed by atoms with Gasteiger partial charge < -0.3 is 14.6 Å². The first-order valence-corrected chi connectivity index (χ1v) is 12.0. The summed E-state index contributed by atoms with van der Waals surface area (Å²) in [6.45, 7) is 0.201. The van der Waals surface area contributed by atoms with Crippen molar-refractivity contribution in [2.45, 2.75) is 23.8 Å². The number of anilines is 1. The van der Waals surface area contributed by atoms with Crippen LogP contribution in [-0.2, 0) is 14.3 Å². The molecule has 8 heteroatoms. The third kappa shape index (κ3) is 6.34. The number of aromatic hydroxyl groups is 1. The summed E-state index contributed by atoms with van der Waals surface area (Å²) in [6.07, 6.45) is 1.73. The number of phenols is 1. The molecule has 2 N–H and O–H groups in total. The number of hydrogen-bond acceptors (Lipinski definition) is 7. The summed E-state index contributed by atoms with van der Waals surface area (Å²) in [5.74, 6) is -0.225. The zero-order chi connectivity index (χ0) is 22.9. The van der Waals surface area contributed by atoms with Gasteiger partial charge in [0, 0.05) is 21.5 Å². The molecular weight excluding hydrogens is 446 g/mol. The molecule has 3 rings (SSSR count). The molecule has 0 spiro atoms. The maximum absolute atomic E-state index is 12.7. The van der Waals surface area contributed by atoms with Crippen LogP contribution in [0.3, 0.4) is 0 Å². The van der Waals surface area contributed by atoms with Crippen molar-refractivity contribution in [1.82, 2.24) is 0 Å². The number of fused-ring (bicyclic) bond motifs is 1. The van der Waals surface area contributed by atoms with Crippen molar-refractivity contribution in [1.29, 1.82) is 0 Å². The molecule has 3 aromatic rings. The Balaban J connectivity index is 1.78. The third-order valence-electron chi connectivity index (χ3n) is 4.87. The zero-order valence-electron chi connectivity index (χ0n) is 17.6. The van der Waals surface area contributed by atoms with Gasteiger partial charge in [-0.15, -0.1) is 11.8 Å². The Morgan fingerprint density at radius 1 is 1.06 bits per heavy atom. The largest absolute Gasteiger partial charge is 0.507 e. The van der Waals surface area contributed by atoms with E-state index in [9.17, 15) is 14.7 Å². The van der Waals surface area contributed by atoms with Gasteiger partial charge in [0.25, 0.3) is 0 Å². The second-order valence-electron chi connectivity index (χ2n) is 6.99. The first-order valence-electron chi connectivity index (χ1n) is 10.1. The molecular formula is C24H25NO5S2. The molecule has 0 aliphatic carbocycles. The number of rotatable bonds is 9. The molecule has 0 unspecified atom stereocenters. The third-order valence-corrected chi connectivity index (χ3v) is 5.87. The van der Waals surface area contributed by atoms with Crippen molar-refractivity contribution in [2.75, 3.05) is 23.9 Å². The zero-order valence-corrected chi connectivity index (χ0v) is 19.3. The highest BCUT2D eigenvalue weighted by molar-refractivity contribution is 7.98. The quantitative estimate of drug-likeness (QED) is 0.158. The highest BCUT2D eigenvalue weighted by atomic mass is 32.2. The van der Waals surface area contributed by atoms with E-state index in [1.54, 1.807) is 23.9 Å². The lowest BCUT2D eigenvalue weighted by atomic mass is 9.97. The summed E-state index contributed by atoms with van der Waals surface area (Å²) < 4.78 is 10.9. The van der Waals surface area contributed by atoms with Crippen LogP contribution in [0.4, 0.5) is 10.5 Å². The predicted octanol–water partition coefficient (Wildman–Crippen LogP) is 5.81. The van der Waals surface area contributed by atoms with Crippen molar-refractivity contribution < 1.29 is 24.2 Å². The van der Waals surface area contributed by atoms with Crippen LogP contribution < -0.4 is 5.32 Å². The SMILES string of the molecule is CSc1ccc(NC(=O)O[C@@H](CCCOC(=O)CS)c2ccc(O)c3ccccc23)cc1. The molecule has 0 bridgehead atoms. The van der Waals surface area contributed by atoms with Crippen LogP contribution in [0.2, 0.25) is 0 Å². The number of amides is 1. The smallest absolute Gasteiger partial charge is 0.412 e. The second-order valence-corrected chi connectivity index (χ2v) is 8.18. The normalized spacial score (nSPS) is 11.7. The molecule has 1 amide bonds. The van der Waals surface area contributed by atoms with Gasteiger partial charge in [-0.25, -0.2) is 4.79 Å². The Morgan fingerprint density at radius 2 is 1.78 bits per heavy atom. The van der Waals surface area contributed by atoms with Gasteiger partial charge in [0.05, 0.1) is 12.4 Å². The molecule has 0 aromatic heterocycles. The lowest BCUT2D eigenvalue weighted by Crippen LogP contribution is -2.18. The highest BCUT2D eigenvalue weighted by Crippen LogP contribution is 2.34. The number of benzene rings is 3. The molecule has 0 heterocycles. The van der Waals surface area contributed by atoms with Gasteiger partial charge in [0.1, 0.15) is 11.9 Å². The fourth-order valence-corrected chi connectivity index (χ4v) is 3.82. The summed E-state index contributed by atoms with van der Waals surface area (Å²) in [5, 5.41) is 14.4. The average Bonchev–Trinajstić information content (AvgIpc) is 2.82. The number of phenolic OH excluding ortho intramolecular Hbond substituents is 1. The standard InChI is InChI=1S/C24H25NO5S2/c1-32-17-10-8-16(9-11-17)25-24(28)30-22(7-4-14-29-23(27)15-31)20-12-13-21(26)19-6-3-2-5-18(19)20/h2-3,5-6,8-13,22,26,31H,4,7,14-15H2,1H3,(H,25,28)/t22-/m0/s1. The predicted molar refractivity (Wildman–Crippen MR) is 131 cm³/mol. The summed E-state index contributed by atoms with van der Waals surface area (Å²) in [4.78, 5) is 25.1. The number of esters is 1. The minimum absolute atomic E-state index is 0.0141. The lowest BCUT2D eigenvalue weighted by molar-refractivity contribution is -0.140. The van der Waals surface area contributed by atoms with Crippen molar-refractivity contribution in [2.24, 2.45) is 0 Å². The second kappa shape index (κ2) is 11.7. The number of thiol groups is 1. The number of thioether (sulfide) groups is 1. The van der Waals surface area contributed by atoms with Crippen molar-refractivity contribution in [3.63, 3.8) is 0 Å². The van der Waals surface area contributed by atoms with E-state index in [-0.39, 0.29) is 18.1 Å². The van der Waals surface area contributed by atoms with Gasteiger partial charge in [-0.05, 0) is 54.8 Å². The van der Waals surface area contributed by atoms with Crippen molar-refractivity contribution in [3.8, 4) is 5.75 Å². The van der Waals surface area contributed by atoms with Gasteiger partial charge in [0.15, 0.2) is 0 Å². The minimum atomic E-state index is -0.597. The Kier molecular flexibility index (Phi) is 8.70. The van der Waals surface area contributed by atoms with Crippen molar-refractivity contribution >= 4 is 52.9 Å². The Hall–Kier alpha value is -2.84. The maximum atomic E-state index is 12.7. The molecule has 168 valence electrons. The van der Waals surface area contributed by atoms with E-state index in [1.165, 1.54) is 0 Å². The van der Waals surface area contributed by atoms with E-state index >= 15 is 0 Å². The van der Waals surface area contributed by atoms with Gasteiger partial charge in [0.2, 0.25) is 0 Å². The van der Waals surface area contributed by atoms with Crippen LogP contribution in [0.25, 0.3) is 10.8 Å². The van der Waals surface area contributed by atoms with Crippen LogP contribution in [0.1, 0.15) is 24.5 Å². The van der Waals surface area contributed by atoms with E-state index in [4.69, 9.17) is 9.47 Å². The Morgan fingerprint density at radius 3 is 2.47 bits per heavy atom. The first kappa shape index (κ1) is 23.8. The number of carbonyl (C=O) groups is 2. The number of carbonyl (C=O) groups excluding carboxylic acids is 2. The van der Waals surface area contributed by atoms with Crippen LogP contribution in [-0.4, -0.2) is 35.8 Å². The molecule has 0 radical (unpaired) electrons.